The molecule has 0 radical (unpaired) electrons. The molecule has 0 amide bonds. The highest BCUT2D eigenvalue weighted by Crippen LogP contribution is 2.45. The van der Waals surface area contributed by atoms with Gasteiger partial charge in [-0.2, -0.15) is 0 Å². The summed E-state index contributed by atoms with van der Waals surface area (Å²) in [4.78, 5) is 0. The molecule has 1 aromatic carbocycles. The highest BCUT2D eigenvalue weighted by Gasteiger charge is 2.39. The average molecular weight is 235 g/mol. The summed E-state index contributed by atoms with van der Waals surface area (Å²) < 4.78 is 13.6. The number of rotatable bonds is 3. The summed E-state index contributed by atoms with van der Waals surface area (Å²) in [5.41, 5.74) is 2.88. The van der Waals surface area contributed by atoms with E-state index in [1.54, 1.807) is 0 Å². The highest BCUT2D eigenvalue weighted by atomic mass is 19.1. The third kappa shape index (κ3) is 2.11. The average Bonchev–Trinajstić information content (AvgIpc) is 2.25. The van der Waals surface area contributed by atoms with Crippen molar-refractivity contribution in [2.24, 2.45) is 5.92 Å². The first-order valence-corrected chi connectivity index (χ1v) is 6.52. The van der Waals surface area contributed by atoms with Gasteiger partial charge in [-0.25, -0.2) is 4.39 Å². The number of nitrogens with one attached hydrogen (secondary N) is 1. The molecule has 1 aliphatic rings. The summed E-state index contributed by atoms with van der Waals surface area (Å²) in [5.74, 6) is 1.26. The minimum absolute atomic E-state index is 0.0497. The summed E-state index contributed by atoms with van der Waals surface area (Å²) in [7, 11) is 2.03. The van der Waals surface area contributed by atoms with Crippen LogP contribution >= 0.6 is 0 Å². The Labute approximate surface area is 103 Å². The SMILES string of the molecule is CCC1C(NC)CC1c1cc(C)c(F)c(C)c1. The molecule has 1 aliphatic carbocycles. The van der Waals surface area contributed by atoms with Gasteiger partial charge in [-0.05, 0) is 55.8 Å². The van der Waals surface area contributed by atoms with E-state index in [1.807, 2.05) is 33.0 Å². The van der Waals surface area contributed by atoms with E-state index in [-0.39, 0.29) is 5.82 Å². The van der Waals surface area contributed by atoms with E-state index in [9.17, 15) is 4.39 Å². The highest BCUT2D eigenvalue weighted by molar-refractivity contribution is 5.34. The molecule has 0 bridgehead atoms. The van der Waals surface area contributed by atoms with Crippen LogP contribution in [-0.4, -0.2) is 13.1 Å². The third-order valence-electron chi connectivity index (χ3n) is 4.27. The van der Waals surface area contributed by atoms with Crippen LogP contribution in [0.3, 0.4) is 0 Å². The Kier molecular flexibility index (Phi) is 3.53. The summed E-state index contributed by atoms with van der Waals surface area (Å²) in [6.45, 7) is 5.96. The van der Waals surface area contributed by atoms with Gasteiger partial charge >= 0.3 is 0 Å². The molecule has 0 aromatic heterocycles. The van der Waals surface area contributed by atoms with Crippen LogP contribution in [0, 0.1) is 25.6 Å². The second-order valence-electron chi connectivity index (χ2n) is 5.28. The van der Waals surface area contributed by atoms with E-state index in [0.29, 0.717) is 17.9 Å². The predicted octanol–water partition coefficient (Wildman–Crippen LogP) is 3.54. The number of aryl methyl sites for hydroxylation is 2. The molecule has 1 saturated carbocycles. The summed E-state index contributed by atoms with van der Waals surface area (Å²) in [6, 6.07) is 4.69. The van der Waals surface area contributed by atoms with Crippen LogP contribution in [0.4, 0.5) is 4.39 Å². The minimum Gasteiger partial charge on any atom is -0.317 e. The topological polar surface area (TPSA) is 12.0 Å². The third-order valence-corrected chi connectivity index (χ3v) is 4.27. The fourth-order valence-electron chi connectivity index (χ4n) is 3.19. The van der Waals surface area contributed by atoms with E-state index >= 15 is 0 Å². The molecule has 0 saturated heterocycles. The normalized spacial score (nSPS) is 27.9. The molecular formula is C15H22FN. The van der Waals surface area contributed by atoms with Crippen LogP contribution in [0.2, 0.25) is 0 Å². The molecule has 3 unspecified atom stereocenters. The fraction of sp³-hybridized carbons (Fsp3) is 0.600. The van der Waals surface area contributed by atoms with Crippen LogP contribution in [0.25, 0.3) is 0 Å². The lowest BCUT2D eigenvalue weighted by Gasteiger charge is -2.45. The summed E-state index contributed by atoms with van der Waals surface area (Å²) in [6.07, 6.45) is 2.37. The maximum absolute atomic E-state index is 13.6. The number of hydrogen-bond acceptors (Lipinski definition) is 1. The zero-order valence-electron chi connectivity index (χ0n) is 11.2. The van der Waals surface area contributed by atoms with Gasteiger partial charge < -0.3 is 5.32 Å². The Morgan fingerprint density at radius 1 is 1.29 bits per heavy atom. The van der Waals surface area contributed by atoms with Gasteiger partial charge in [-0.15, -0.1) is 0 Å². The molecule has 1 aromatic rings. The van der Waals surface area contributed by atoms with Crippen molar-refractivity contribution < 1.29 is 4.39 Å². The van der Waals surface area contributed by atoms with Crippen molar-refractivity contribution in [3.05, 3.63) is 34.6 Å². The molecule has 0 spiro atoms. The molecule has 0 heterocycles. The molecule has 1 fully saturated rings. The Bertz CT molecular complexity index is 390. The minimum atomic E-state index is -0.0497. The van der Waals surface area contributed by atoms with E-state index in [0.717, 1.165) is 11.1 Å². The molecule has 17 heavy (non-hydrogen) atoms. The van der Waals surface area contributed by atoms with Crippen LogP contribution in [0.15, 0.2) is 12.1 Å². The Morgan fingerprint density at radius 2 is 1.88 bits per heavy atom. The lowest BCUT2D eigenvalue weighted by molar-refractivity contribution is 0.169. The van der Waals surface area contributed by atoms with E-state index in [2.05, 4.69) is 12.2 Å². The van der Waals surface area contributed by atoms with Gasteiger partial charge in [0.15, 0.2) is 0 Å². The largest absolute Gasteiger partial charge is 0.317 e. The van der Waals surface area contributed by atoms with E-state index in [4.69, 9.17) is 0 Å². The summed E-state index contributed by atoms with van der Waals surface area (Å²) >= 11 is 0. The van der Waals surface area contributed by atoms with Crippen LogP contribution < -0.4 is 5.32 Å². The van der Waals surface area contributed by atoms with Gasteiger partial charge in [0, 0.05) is 6.04 Å². The Morgan fingerprint density at radius 3 is 2.35 bits per heavy atom. The molecule has 94 valence electrons. The zero-order chi connectivity index (χ0) is 12.6. The van der Waals surface area contributed by atoms with Gasteiger partial charge in [0.2, 0.25) is 0 Å². The maximum atomic E-state index is 13.6. The zero-order valence-corrected chi connectivity index (χ0v) is 11.2. The molecule has 1 N–H and O–H groups in total. The Balaban J connectivity index is 2.24. The second-order valence-corrected chi connectivity index (χ2v) is 5.28. The van der Waals surface area contributed by atoms with Crippen molar-refractivity contribution in [1.82, 2.24) is 5.32 Å². The number of benzene rings is 1. The van der Waals surface area contributed by atoms with Gasteiger partial charge in [0.25, 0.3) is 0 Å². The van der Waals surface area contributed by atoms with Crippen molar-refractivity contribution in [1.29, 1.82) is 0 Å². The van der Waals surface area contributed by atoms with E-state index < -0.39 is 0 Å². The quantitative estimate of drug-likeness (QED) is 0.845. The first-order valence-electron chi connectivity index (χ1n) is 6.52. The van der Waals surface area contributed by atoms with Crippen LogP contribution in [-0.2, 0) is 0 Å². The number of hydrogen-bond donors (Lipinski definition) is 1. The predicted molar refractivity (Wildman–Crippen MR) is 69.9 cm³/mol. The van der Waals surface area contributed by atoms with Crippen molar-refractivity contribution in [2.45, 2.75) is 45.6 Å². The monoisotopic (exact) mass is 235 g/mol. The lowest BCUT2D eigenvalue weighted by atomic mass is 9.64. The van der Waals surface area contributed by atoms with E-state index in [1.165, 1.54) is 18.4 Å². The van der Waals surface area contributed by atoms with Crippen molar-refractivity contribution in [2.75, 3.05) is 7.05 Å². The Hall–Kier alpha value is -0.890. The fourth-order valence-corrected chi connectivity index (χ4v) is 3.19. The molecular weight excluding hydrogens is 213 g/mol. The number of halogens is 1. The van der Waals surface area contributed by atoms with Gasteiger partial charge in [-0.3, -0.25) is 0 Å². The molecule has 2 rings (SSSR count). The van der Waals surface area contributed by atoms with Gasteiger partial charge in [-0.1, -0.05) is 25.5 Å². The molecule has 3 atom stereocenters. The van der Waals surface area contributed by atoms with Crippen molar-refractivity contribution in [3.63, 3.8) is 0 Å². The van der Waals surface area contributed by atoms with Crippen LogP contribution in [0.5, 0.6) is 0 Å². The standard InChI is InChI=1S/C15H22FN/c1-5-12-13(8-14(12)17-4)11-6-9(2)15(16)10(3)7-11/h6-7,12-14,17H,5,8H2,1-4H3. The lowest BCUT2D eigenvalue weighted by Crippen LogP contribution is -2.47. The molecule has 2 heteroatoms. The first kappa shape index (κ1) is 12.6. The first-order chi connectivity index (χ1) is 8.08. The smallest absolute Gasteiger partial charge is 0.129 e. The maximum Gasteiger partial charge on any atom is 0.129 e. The van der Waals surface area contributed by atoms with Crippen LogP contribution in [0.1, 0.15) is 42.4 Å². The van der Waals surface area contributed by atoms with Crippen molar-refractivity contribution in [3.8, 4) is 0 Å². The molecule has 1 nitrogen and oxygen atoms in total. The van der Waals surface area contributed by atoms with Gasteiger partial charge in [0.1, 0.15) is 5.82 Å². The van der Waals surface area contributed by atoms with Crippen molar-refractivity contribution >= 4 is 0 Å². The van der Waals surface area contributed by atoms with Gasteiger partial charge in [0.05, 0.1) is 0 Å². The molecule has 0 aliphatic heterocycles. The second kappa shape index (κ2) is 4.77. The summed E-state index contributed by atoms with van der Waals surface area (Å²) in [5, 5.41) is 3.37.